The fraction of sp³-hybridized carbons (Fsp3) is 0.190. The topological polar surface area (TPSA) is 116 Å². The number of hydrogen-bond donors (Lipinski definition) is 2. The quantitative estimate of drug-likeness (QED) is 0.573. The summed E-state index contributed by atoms with van der Waals surface area (Å²) >= 11 is 0. The lowest BCUT2D eigenvalue weighted by atomic mass is 10.1. The molecule has 0 radical (unpaired) electrons. The van der Waals surface area contributed by atoms with E-state index in [1.165, 1.54) is 18.2 Å². The van der Waals surface area contributed by atoms with Crippen molar-refractivity contribution in [1.29, 1.82) is 0 Å². The number of nitrogens with zero attached hydrogens (tertiary/aromatic N) is 1. The Hall–Kier alpha value is -3.10. The van der Waals surface area contributed by atoms with E-state index in [1.54, 1.807) is 24.3 Å². The molecule has 0 aliphatic heterocycles. The SMILES string of the molecule is CN(C)c1cccc2c(S(=O)(=O)Oc3ccc(CC(N)C(N)=O)cc3)cccc12. The van der Waals surface area contributed by atoms with Gasteiger partial charge in [0.15, 0.2) is 0 Å². The molecule has 0 spiro atoms. The van der Waals surface area contributed by atoms with Gasteiger partial charge in [-0.05, 0) is 36.2 Å². The molecule has 0 saturated carbocycles. The minimum Gasteiger partial charge on any atom is -0.379 e. The van der Waals surface area contributed by atoms with Crippen LogP contribution in [-0.2, 0) is 21.3 Å². The number of rotatable bonds is 7. The van der Waals surface area contributed by atoms with Gasteiger partial charge in [0.25, 0.3) is 0 Å². The van der Waals surface area contributed by atoms with Crippen LogP contribution in [0, 0.1) is 0 Å². The highest BCUT2D eigenvalue weighted by Gasteiger charge is 2.21. The van der Waals surface area contributed by atoms with E-state index >= 15 is 0 Å². The van der Waals surface area contributed by atoms with Gasteiger partial charge >= 0.3 is 10.1 Å². The van der Waals surface area contributed by atoms with Crippen LogP contribution >= 0.6 is 0 Å². The predicted molar refractivity (Wildman–Crippen MR) is 113 cm³/mol. The van der Waals surface area contributed by atoms with Gasteiger partial charge in [0.1, 0.15) is 10.6 Å². The number of hydrogen-bond acceptors (Lipinski definition) is 6. The van der Waals surface area contributed by atoms with Crippen molar-refractivity contribution in [2.45, 2.75) is 17.4 Å². The van der Waals surface area contributed by atoms with E-state index in [2.05, 4.69) is 0 Å². The second kappa shape index (κ2) is 8.10. The molecule has 4 N–H and O–H groups in total. The summed E-state index contributed by atoms with van der Waals surface area (Å²) in [6, 6.07) is 16.1. The third-order valence-electron chi connectivity index (χ3n) is 4.56. The van der Waals surface area contributed by atoms with E-state index in [4.69, 9.17) is 15.7 Å². The van der Waals surface area contributed by atoms with Crippen LogP contribution in [0.1, 0.15) is 5.56 Å². The molecular formula is C21H23N3O4S. The Bertz CT molecular complexity index is 1140. The van der Waals surface area contributed by atoms with Gasteiger partial charge in [-0.2, -0.15) is 8.42 Å². The lowest BCUT2D eigenvalue weighted by Gasteiger charge is -2.17. The van der Waals surface area contributed by atoms with Crippen LogP contribution in [0.25, 0.3) is 10.8 Å². The van der Waals surface area contributed by atoms with E-state index < -0.39 is 22.1 Å². The highest BCUT2D eigenvalue weighted by Crippen LogP contribution is 2.31. The van der Waals surface area contributed by atoms with Gasteiger partial charge in [0, 0.05) is 30.6 Å². The molecule has 0 aliphatic carbocycles. The van der Waals surface area contributed by atoms with E-state index in [1.807, 2.05) is 37.2 Å². The number of amides is 1. The molecule has 0 aromatic heterocycles. The standard InChI is InChI=1S/C21H23N3O4S/c1-24(2)19-7-3-6-17-16(19)5-4-8-20(17)29(26,27)28-15-11-9-14(10-12-15)13-18(22)21(23)25/h3-12,18H,13,22H2,1-2H3,(H2,23,25). The van der Waals surface area contributed by atoms with Gasteiger partial charge in [-0.25, -0.2) is 0 Å². The molecule has 0 aliphatic rings. The molecule has 1 unspecified atom stereocenters. The highest BCUT2D eigenvalue weighted by molar-refractivity contribution is 7.87. The smallest absolute Gasteiger partial charge is 0.339 e. The summed E-state index contributed by atoms with van der Waals surface area (Å²) in [6.45, 7) is 0. The Morgan fingerprint density at radius 3 is 2.24 bits per heavy atom. The van der Waals surface area contributed by atoms with Crippen molar-refractivity contribution in [3.63, 3.8) is 0 Å². The normalized spacial score (nSPS) is 12.5. The number of benzene rings is 3. The van der Waals surface area contributed by atoms with Crippen LogP contribution in [-0.4, -0.2) is 34.5 Å². The van der Waals surface area contributed by atoms with Crippen LogP contribution in [0.4, 0.5) is 5.69 Å². The molecule has 3 aromatic rings. The Morgan fingerprint density at radius 1 is 1.00 bits per heavy atom. The number of nitrogens with two attached hydrogens (primary N) is 2. The van der Waals surface area contributed by atoms with Crippen molar-refractivity contribution in [3.05, 3.63) is 66.2 Å². The summed E-state index contributed by atoms with van der Waals surface area (Å²) in [4.78, 5) is 13.1. The third kappa shape index (κ3) is 4.49. The Labute approximate surface area is 170 Å². The third-order valence-corrected chi connectivity index (χ3v) is 5.87. The molecule has 152 valence electrons. The largest absolute Gasteiger partial charge is 0.379 e. The summed E-state index contributed by atoms with van der Waals surface area (Å²) in [6.07, 6.45) is 0.263. The number of carbonyl (C=O) groups is 1. The maximum absolute atomic E-state index is 12.9. The van der Waals surface area contributed by atoms with Crippen LogP contribution in [0.15, 0.2) is 65.6 Å². The maximum atomic E-state index is 12.9. The summed E-state index contributed by atoms with van der Waals surface area (Å²) in [5.74, 6) is -0.428. The molecule has 1 atom stereocenters. The van der Waals surface area contributed by atoms with Crippen molar-refractivity contribution in [3.8, 4) is 5.75 Å². The lowest BCUT2D eigenvalue weighted by Crippen LogP contribution is -2.38. The van der Waals surface area contributed by atoms with Crippen molar-refractivity contribution in [2.75, 3.05) is 19.0 Å². The number of anilines is 1. The van der Waals surface area contributed by atoms with Gasteiger partial charge in [-0.1, -0.05) is 36.4 Å². The average molecular weight is 413 g/mol. The van der Waals surface area contributed by atoms with Gasteiger partial charge in [0.05, 0.1) is 6.04 Å². The van der Waals surface area contributed by atoms with Gasteiger partial charge < -0.3 is 20.6 Å². The summed E-state index contributed by atoms with van der Waals surface area (Å²) < 4.78 is 31.2. The monoisotopic (exact) mass is 413 g/mol. The second-order valence-corrected chi connectivity index (χ2v) is 8.43. The van der Waals surface area contributed by atoms with Crippen molar-refractivity contribution >= 4 is 32.5 Å². The van der Waals surface area contributed by atoms with Crippen LogP contribution < -0.4 is 20.6 Å². The number of primary amides is 1. The molecule has 1 amide bonds. The molecule has 7 nitrogen and oxygen atoms in total. The molecule has 0 bridgehead atoms. The minimum atomic E-state index is -4.05. The summed E-state index contributed by atoms with van der Waals surface area (Å²) in [5.41, 5.74) is 12.5. The summed E-state index contributed by atoms with van der Waals surface area (Å²) in [5, 5.41) is 1.40. The average Bonchev–Trinajstić information content (AvgIpc) is 2.68. The van der Waals surface area contributed by atoms with Crippen molar-refractivity contribution < 1.29 is 17.4 Å². The fourth-order valence-electron chi connectivity index (χ4n) is 3.08. The van der Waals surface area contributed by atoms with Gasteiger partial charge in [-0.3, -0.25) is 4.79 Å². The first-order valence-corrected chi connectivity index (χ1v) is 10.4. The molecule has 0 saturated heterocycles. The summed E-state index contributed by atoms with van der Waals surface area (Å²) in [7, 11) is -0.247. The minimum absolute atomic E-state index is 0.0959. The van der Waals surface area contributed by atoms with E-state index in [0.29, 0.717) is 5.39 Å². The molecule has 3 rings (SSSR count). The van der Waals surface area contributed by atoms with E-state index in [-0.39, 0.29) is 17.1 Å². The molecular weight excluding hydrogens is 390 g/mol. The second-order valence-electron chi connectivity index (χ2n) is 6.92. The fourth-order valence-corrected chi connectivity index (χ4v) is 4.23. The molecule has 0 heterocycles. The first kappa shape index (κ1) is 20.6. The van der Waals surface area contributed by atoms with E-state index in [0.717, 1.165) is 16.6 Å². The zero-order valence-corrected chi connectivity index (χ0v) is 17.0. The van der Waals surface area contributed by atoms with Gasteiger partial charge in [0.2, 0.25) is 5.91 Å². The van der Waals surface area contributed by atoms with Crippen molar-refractivity contribution in [2.24, 2.45) is 11.5 Å². The van der Waals surface area contributed by atoms with Crippen LogP contribution in [0.2, 0.25) is 0 Å². The molecule has 8 heteroatoms. The Balaban J connectivity index is 1.90. The first-order chi connectivity index (χ1) is 13.7. The van der Waals surface area contributed by atoms with E-state index in [9.17, 15) is 13.2 Å². The van der Waals surface area contributed by atoms with Crippen molar-refractivity contribution in [1.82, 2.24) is 0 Å². The zero-order valence-electron chi connectivity index (χ0n) is 16.2. The Kier molecular flexibility index (Phi) is 5.76. The van der Waals surface area contributed by atoms with Crippen LogP contribution in [0.3, 0.4) is 0 Å². The maximum Gasteiger partial charge on any atom is 0.339 e. The molecule has 3 aromatic carbocycles. The predicted octanol–water partition coefficient (Wildman–Crippen LogP) is 2.03. The number of carbonyl (C=O) groups excluding carboxylic acids is 1. The first-order valence-electron chi connectivity index (χ1n) is 8.96. The lowest BCUT2D eigenvalue weighted by molar-refractivity contribution is -0.119. The number of fused-ring (bicyclic) bond motifs is 1. The molecule has 0 fully saturated rings. The highest BCUT2D eigenvalue weighted by atomic mass is 32.2. The molecule has 29 heavy (non-hydrogen) atoms. The van der Waals surface area contributed by atoms with Crippen LogP contribution in [0.5, 0.6) is 5.75 Å². The Morgan fingerprint density at radius 2 is 1.62 bits per heavy atom. The zero-order chi connectivity index (χ0) is 21.2. The van der Waals surface area contributed by atoms with Gasteiger partial charge in [-0.15, -0.1) is 0 Å².